The number of aromatic amines is 1. The van der Waals surface area contributed by atoms with E-state index in [0.29, 0.717) is 23.9 Å². The van der Waals surface area contributed by atoms with Crippen molar-refractivity contribution in [3.63, 3.8) is 0 Å². The number of imidazole rings is 2. The van der Waals surface area contributed by atoms with Crippen molar-refractivity contribution >= 4 is 16.9 Å². The van der Waals surface area contributed by atoms with Crippen LogP contribution in [-0.2, 0) is 6.54 Å². The van der Waals surface area contributed by atoms with Crippen LogP contribution in [0.5, 0.6) is 0 Å². The lowest BCUT2D eigenvalue weighted by atomic mass is 10.1. The predicted molar refractivity (Wildman–Crippen MR) is 88.3 cm³/mol. The number of aliphatic hydroxyl groups excluding tert-OH is 1. The molecular weight excluding hydrogens is 325 g/mol. The zero-order valence-corrected chi connectivity index (χ0v) is 13.4. The third kappa shape index (κ3) is 3.00. The molecule has 3 N–H and O–H groups in total. The summed E-state index contributed by atoms with van der Waals surface area (Å²) in [4.78, 5) is 23.5. The van der Waals surface area contributed by atoms with Crippen LogP contribution in [0.15, 0.2) is 37.2 Å². The van der Waals surface area contributed by atoms with E-state index in [1.165, 1.54) is 12.4 Å². The summed E-state index contributed by atoms with van der Waals surface area (Å²) >= 11 is 0. The summed E-state index contributed by atoms with van der Waals surface area (Å²) in [6.45, 7) is 0.729. The summed E-state index contributed by atoms with van der Waals surface area (Å²) in [7, 11) is 0. The molecule has 0 bridgehead atoms. The van der Waals surface area contributed by atoms with E-state index in [4.69, 9.17) is 0 Å². The fourth-order valence-electron chi connectivity index (χ4n) is 3.56. The smallest absolute Gasteiger partial charge is 0.256 e. The fourth-order valence-corrected chi connectivity index (χ4v) is 3.56. The van der Waals surface area contributed by atoms with Crippen molar-refractivity contribution in [1.82, 2.24) is 24.8 Å². The maximum absolute atomic E-state index is 14.2. The lowest BCUT2D eigenvalue weighted by Gasteiger charge is -2.17. The molecule has 1 unspecified atom stereocenters. The average molecular weight is 343 g/mol. The fraction of sp³-hybridized carbons (Fsp3) is 0.353. The highest BCUT2D eigenvalue weighted by molar-refractivity contribution is 6.05. The molecule has 25 heavy (non-hydrogen) atoms. The van der Waals surface area contributed by atoms with Gasteiger partial charge in [-0.15, -0.1) is 0 Å². The topological polar surface area (TPSA) is 95.8 Å². The Bertz CT molecular complexity index is 892. The minimum absolute atomic E-state index is 0.0935. The van der Waals surface area contributed by atoms with Gasteiger partial charge in [-0.3, -0.25) is 4.79 Å². The molecule has 0 spiro atoms. The lowest BCUT2D eigenvalue weighted by Crippen LogP contribution is -2.40. The maximum atomic E-state index is 14.2. The number of benzene rings is 1. The van der Waals surface area contributed by atoms with Crippen molar-refractivity contribution in [2.45, 2.75) is 31.5 Å². The molecule has 7 nitrogen and oxygen atoms in total. The van der Waals surface area contributed by atoms with Crippen LogP contribution < -0.4 is 5.32 Å². The number of aliphatic hydroxyl groups is 1. The third-order valence-electron chi connectivity index (χ3n) is 4.74. The van der Waals surface area contributed by atoms with Gasteiger partial charge in [0.1, 0.15) is 16.9 Å². The van der Waals surface area contributed by atoms with Crippen molar-refractivity contribution in [1.29, 1.82) is 0 Å². The van der Waals surface area contributed by atoms with Crippen LogP contribution in [0.4, 0.5) is 4.39 Å². The van der Waals surface area contributed by atoms with Crippen LogP contribution in [0.2, 0.25) is 0 Å². The van der Waals surface area contributed by atoms with Gasteiger partial charge >= 0.3 is 0 Å². The standard InChI is InChI=1S/C17H18FN5O2/c18-11-1-2-12-16(21-8-20-12)15(11)17(25)22-13-5-10(6-14(13)24)7-23-4-3-19-9-23/h1-4,8-10,13-14,24H,5-7H2,(H,20,21)(H,22,25)/t10?,13-,14-/m1/s1. The number of hydrogen-bond acceptors (Lipinski definition) is 4. The third-order valence-corrected chi connectivity index (χ3v) is 4.74. The van der Waals surface area contributed by atoms with Gasteiger partial charge in [0, 0.05) is 18.9 Å². The van der Waals surface area contributed by atoms with Crippen LogP contribution in [0.1, 0.15) is 23.2 Å². The lowest BCUT2D eigenvalue weighted by molar-refractivity contribution is 0.0870. The summed E-state index contributed by atoms with van der Waals surface area (Å²) in [5.74, 6) is -0.956. The number of H-pyrrole nitrogens is 1. The number of halogens is 1. The Morgan fingerprint density at radius 1 is 1.44 bits per heavy atom. The van der Waals surface area contributed by atoms with Gasteiger partial charge < -0.3 is 20.0 Å². The molecule has 8 heteroatoms. The summed E-state index contributed by atoms with van der Waals surface area (Å²) < 4.78 is 16.1. The number of hydrogen-bond donors (Lipinski definition) is 3. The molecule has 1 saturated carbocycles. The van der Waals surface area contributed by atoms with Gasteiger partial charge in [0.05, 0.1) is 30.3 Å². The van der Waals surface area contributed by atoms with E-state index in [-0.39, 0.29) is 11.5 Å². The van der Waals surface area contributed by atoms with E-state index in [0.717, 1.165) is 6.54 Å². The Morgan fingerprint density at radius 3 is 3.12 bits per heavy atom. The Kier molecular flexibility index (Phi) is 3.96. The normalized spacial score (nSPS) is 23.2. The zero-order valence-electron chi connectivity index (χ0n) is 13.4. The number of nitrogens with zero attached hydrogens (tertiary/aromatic N) is 3. The first kappa shape index (κ1) is 15.8. The molecule has 3 atom stereocenters. The first-order chi connectivity index (χ1) is 12.1. The highest BCUT2D eigenvalue weighted by Gasteiger charge is 2.35. The molecule has 4 rings (SSSR count). The van der Waals surface area contributed by atoms with E-state index < -0.39 is 23.9 Å². The van der Waals surface area contributed by atoms with Crippen LogP contribution in [0.25, 0.3) is 11.0 Å². The molecule has 0 aliphatic heterocycles. The van der Waals surface area contributed by atoms with Crippen molar-refractivity contribution in [2.24, 2.45) is 5.92 Å². The number of aromatic nitrogens is 4. The minimum Gasteiger partial charge on any atom is -0.391 e. The van der Waals surface area contributed by atoms with E-state index in [1.54, 1.807) is 18.6 Å². The van der Waals surface area contributed by atoms with Crippen molar-refractivity contribution in [2.75, 3.05) is 0 Å². The van der Waals surface area contributed by atoms with Gasteiger partial charge in [0.25, 0.3) is 5.91 Å². The second-order valence-corrected chi connectivity index (χ2v) is 6.47. The maximum Gasteiger partial charge on any atom is 0.256 e. The number of carbonyl (C=O) groups is 1. The predicted octanol–water partition coefficient (Wildman–Crippen LogP) is 1.47. The molecule has 1 fully saturated rings. The van der Waals surface area contributed by atoms with Crippen LogP contribution in [0.3, 0.4) is 0 Å². The zero-order chi connectivity index (χ0) is 17.4. The molecule has 1 aliphatic carbocycles. The average Bonchev–Trinajstić information content (AvgIpc) is 3.30. The largest absolute Gasteiger partial charge is 0.391 e. The van der Waals surface area contributed by atoms with Gasteiger partial charge in [0.15, 0.2) is 0 Å². The van der Waals surface area contributed by atoms with E-state index >= 15 is 0 Å². The Morgan fingerprint density at radius 2 is 2.32 bits per heavy atom. The number of amides is 1. The number of fused-ring (bicyclic) bond motifs is 1. The molecule has 1 aliphatic rings. The molecule has 0 saturated heterocycles. The SMILES string of the molecule is O=C(N[C@@H]1CC(Cn2ccnc2)C[C@H]1O)c1c(F)ccc2[nH]cnc12. The summed E-state index contributed by atoms with van der Waals surface area (Å²) in [5.41, 5.74) is 0.792. The first-order valence-electron chi connectivity index (χ1n) is 8.18. The molecule has 1 amide bonds. The molecule has 2 heterocycles. The number of nitrogens with one attached hydrogen (secondary N) is 2. The van der Waals surface area contributed by atoms with Gasteiger partial charge in [0.2, 0.25) is 0 Å². The summed E-state index contributed by atoms with van der Waals surface area (Å²) in [6.07, 6.45) is 7.28. The molecule has 130 valence electrons. The molecule has 0 radical (unpaired) electrons. The number of carbonyl (C=O) groups excluding carboxylic acids is 1. The van der Waals surface area contributed by atoms with E-state index in [1.807, 2.05) is 10.8 Å². The highest BCUT2D eigenvalue weighted by atomic mass is 19.1. The second-order valence-electron chi connectivity index (χ2n) is 6.47. The summed E-state index contributed by atoms with van der Waals surface area (Å²) in [5, 5.41) is 13.0. The first-order valence-corrected chi connectivity index (χ1v) is 8.18. The quantitative estimate of drug-likeness (QED) is 0.668. The molecular formula is C17H18FN5O2. The van der Waals surface area contributed by atoms with Gasteiger partial charge in [-0.05, 0) is 30.9 Å². The molecule has 1 aromatic carbocycles. The highest BCUT2D eigenvalue weighted by Crippen LogP contribution is 2.28. The van der Waals surface area contributed by atoms with Crippen LogP contribution in [0, 0.1) is 11.7 Å². The number of rotatable bonds is 4. The minimum atomic E-state index is -0.654. The summed E-state index contributed by atoms with van der Waals surface area (Å²) in [6, 6.07) is 2.37. The van der Waals surface area contributed by atoms with Gasteiger partial charge in [-0.2, -0.15) is 0 Å². The van der Waals surface area contributed by atoms with Crippen molar-refractivity contribution in [3.05, 3.63) is 48.6 Å². The molecule has 3 aromatic rings. The Hall–Kier alpha value is -2.74. The van der Waals surface area contributed by atoms with E-state index in [9.17, 15) is 14.3 Å². The molecule has 2 aromatic heterocycles. The second kappa shape index (κ2) is 6.29. The van der Waals surface area contributed by atoms with Crippen LogP contribution >= 0.6 is 0 Å². The monoisotopic (exact) mass is 343 g/mol. The van der Waals surface area contributed by atoms with E-state index in [2.05, 4.69) is 20.3 Å². The van der Waals surface area contributed by atoms with Crippen LogP contribution in [-0.4, -0.2) is 42.7 Å². The Labute approximate surface area is 142 Å². The van der Waals surface area contributed by atoms with Crippen molar-refractivity contribution in [3.8, 4) is 0 Å². The Balaban J connectivity index is 1.48. The van der Waals surface area contributed by atoms with Gasteiger partial charge in [-0.25, -0.2) is 14.4 Å². The van der Waals surface area contributed by atoms with Gasteiger partial charge in [-0.1, -0.05) is 0 Å². The van der Waals surface area contributed by atoms with Crippen molar-refractivity contribution < 1.29 is 14.3 Å².